The summed E-state index contributed by atoms with van der Waals surface area (Å²) in [6.07, 6.45) is 0. The van der Waals surface area contributed by atoms with Crippen molar-refractivity contribution < 1.29 is 5.11 Å². The SMILES string of the molecule is Cc1cc(CO)cc(Nc2c3ccccc3nc3ccccc23)c1. The largest absolute Gasteiger partial charge is 0.392 e. The molecule has 24 heavy (non-hydrogen) atoms. The van der Waals surface area contributed by atoms with Crippen LogP contribution in [0.3, 0.4) is 0 Å². The van der Waals surface area contributed by atoms with Gasteiger partial charge in [0.15, 0.2) is 0 Å². The van der Waals surface area contributed by atoms with E-state index in [2.05, 4.69) is 23.5 Å². The first-order valence-corrected chi connectivity index (χ1v) is 8.00. The molecule has 2 N–H and O–H groups in total. The van der Waals surface area contributed by atoms with Gasteiger partial charge >= 0.3 is 0 Å². The summed E-state index contributed by atoms with van der Waals surface area (Å²) in [7, 11) is 0. The Balaban J connectivity index is 1.95. The molecule has 3 nitrogen and oxygen atoms in total. The zero-order valence-corrected chi connectivity index (χ0v) is 13.5. The highest BCUT2D eigenvalue weighted by Crippen LogP contribution is 2.33. The van der Waals surface area contributed by atoms with Crippen LogP contribution in [0.25, 0.3) is 21.8 Å². The predicted molar refractivity (Wildman–Crippen MR) is 99.6 cm³/mol. The molecule has 118 valence electrons. The Kier molecular flexibility index (Phi) is 3.63. The standard InChI is InChI=1S/C21H18N2O/c1-14-10-15(13-24)12-16(11-14)22-21-17-6-2-4-8-19(17)23-20-9-5-3-7-18(20)21/h2-12,24H,13H2,1H3,(H,22,23). The average molecular weight is 314 g/mol. The van der Waals surface area contributed by atoms with Crippen LogP contribution in [0.15, 0.2) is 66.7 Å². The van der Waals surface area contributed by atoms with Crippen molar-refractivity contribution in [3.8, 4) is 0 Å². The van der Waals surface area contributed by atoms with Gasteiger partial charge < -0.3 is 10.4 Å². The third-order valence-corrected chi connectivity index (χ3v) is 4.18. The Labute approximate surface area is 140 Å². The van der Waals surface area contributed by atoms with Gasteiger partial charge in [-0.05, 0) is 42.3 Å². The van der Waals surface area contributed by atoms with Crippen LogP contribution in [0.2, 0.25) is 0 Å². The fraction of sp³-hybridized carbons (Fsp3) is 0.0952. The predicted octanol–water partition coefficient (Wildman–Crippen LogP) is 4.93. The van der Waals surface area contributed by atoms with Crippen LogP contribution in [0.1, 0.15) is 11.1 Å². The molecule has 0 aliphatic carbocycles. The molecule has 0 unspecified atom stereocenters. The van der Waals surface area contributed by atoms with E-state index in [1.807, 2.05) is 55.5 Å². The number of hydrogen-bond donors (Lipinski definition) is 2. The van der Waals surface area contributed by atoms with Gasteiger partial charge in [0.05, 0.1) is 23.3 Å². The molecule has 0 amide bonds. The normalized spacial score (nSPS) is 11.1. The van der Waals surface area contributed by atoms with E-state index < -0.39 is 0 Å². The van der Waals surface area contributed by atoms with E-state index in [-0.39, 0.29) is 6.61 Å². The fourth-order valence-corrected chi connectivity index (χ4v) is 3.14. The maximum Gasteiger partial charge on any atom is 0.0730 e. The molecule has 1 aromatic heterocycles. The van der Waals surface area contributed by atoms with Gasteiger partial charge in [0.25, 0.3) is 0 Å². The summed E-state index contributed by atoms with van der Waals surface area (Å²) in [6.45, 7) is 2.07. The highest BCUT2D eigenvalue weighted by Gasteiger charge is 2.09. The number of pyridine rings is 1. The van der Waals surface area contributed by atoms with E-state index >= 15 is 0 Å². The van der Waals surface area contributed by atoms with Gasteiger partial charge in [0.1, 0.15) is 0 Å². The molecule has 0 bridgehead atoms. The van der Waals surface area contributed by atoms with Crippen molar-refractivity contribution in [1.82, 2.24) is 4.98 Å². The van der Waals surface area contributed by atoms with Gasteiger partial charge in [-0.2, -0.15) is 0 Å². The maximum atomic E-state index is 9.46. The van der Waals surface area contributed by atoms with E-state index in [1.165, 1.54) is 0 Å². The molecule has 1 heterocycles. The summed E-state index contributed by atoms with van der Waals surface area (Å²) in [4.78, 5) is 4.75. The number of nitrogens with zero attached hydrogens (tertiary/aromatic N) is 1. The topological polar surface area (TPSA) is 45.1 Å². The third-order valence-electron chi connectivity index (χ3n) is 4.18. The van der Waals surface area contributed by atoms with Crippen molar-refractivity contribution >= 4 is 33.2 Å². The first-order valence-electron chi connectivity index (χ1n) is 8.00. The van der Waals surface area contributed by atoms with Crippen LogP contribution in [-0.4, -0.2) is 10.1 Å². The zero-order valence-electron chi connectivity index (χ0n) is 13.5. The summed E-state index contributed by atoms with van der Waals surface area (Å²) < 4.78 is 0. The summed E-state index contributed by atoms with van der Waals surface area (Å²) >= 11 is 0. The summed E-state index contributed by atoms with van der Waals surface area (Å²) in [5.74, 6) is 0. The van der Waals surface area contributed by atoms with Gasteiger partial charge in [0.2, 0.25) is 0 Å². The minimum Gasteiger partial charge on any atom is -0.392 e. The number of benzene rings is 3. The van der Waals surface area contributed by atoms with Crippen molar-refractivity contribution in [3.63, 3.8) is 0 Å². The summed E-state index contributed by atoms with van der Waals surface area (Å²) in [5, 5.41) is 15.2. The van der Waals surface area contributed by atoms with Gasteiger partial charge in [0, 0.05) is 16.5 Å². The van der Waals surface area contributed by atoms with Crippen molar-refractivity contribution in [1.29, 1.82) is 0 Å². The molecule has 0 spiro atoms. The molecule has 0 saturated carbocycles. The maximum absolute atomic E-state index is 9.46. The molecule has 3 heteroatoms. The van der Waals surface area contributed by atoms with E-state index in [9.17, 15) is 5.11 Å². The molecule has 0 aliphatic heterocycles. The zero-order chi connectivity index (χ0) is 16.5. The van der Waals surface area contributed by atoms with Crippen LogP contribution < -0.4 is 5.32 Å². The van der Waals surface area contributed by atoms with Gasteiger partial charge in [-0.3, -0.25) is 0 Å². The van der Waals surface area contributed by atoms with Gasteiger partial charge in [-0.25, -0.2) is 4.98 Å². The number of rotatable bonds is 3. The van der Waals surface area contributed by atoms with Crippen LogP contribution in [-0.2, 0) is 6.61 Å². The van der Waals surface area contributed by atoms with Crippen molar-refractivity contribution in [2.24, 2.45) is 0 Å². The lowest BCUT2D eigenvalue weighted by atomic mass is 10.1. The lowest BCUT2D eigenvalue weighted by molar-refractivity contribution is 0.282. The van der Waals surface area contributed by atoms with Crippen LogP contribution in [0, 0.1) is 6.92 Å². The molecule has 0 aliphatic rings. The van der Waals surface area contributed by atoms with E-state index in [1.54, 1.807) is 0 Å². The second-order valence-electron chi connectivity index (χ2n) is 6.01. The Morgan fingerprint density at radius 1 is 0.875 bits per heavy atom. The fourth-order valence-electron chi connectivity index (χ4n) is 3.14. The number of fused-ring (bicyclic) bond motifs is 2. The van der Waals surface area contributed by atoms with Gasteiger partial charge in [-0.1, -0.05) is 42.5 Å². The Bertz CT molecular complexity index is 986. The van der Waals surface area contributed by atoms with Crippen LogP contribution in [0.4, 0.5) is 11.4 Å². The molecule has 4 rings (SSSR count). The quantitative estimate of drug-likeness (QED) is 0.527. The number of nitrogens with one attached hydrogen (secondary N) is 1. The highest BCUT2D eigenvalue weighted by atomic mass is 16.3. The average Bonchev–Trinajstić information content (AvgIpc) is 2.61. The van der Waals surface area contributed by atoms with Crippen LogP contribution >= 0.6 is 0 Å². The van der Waals surface area contributed by atoms with E-state index in [0.29, 0.717) is 0 Å². The number of aliphatic hydroxyl groups excluding tert-OH is 1. The minimum atomic E-state index is 0.0359. The molecule has 3 aromatic carbocycles. The number of anilines is 2. The Hall–Kier alpha value is -2.91. The second-order valence-corrected chi connectivity index (χ2v) is 6.01. The Morgan fingerprint density at radius 3 is 2.12 bits per heavy atom. The van der Waals surface area contributed by atoms with Crippen molar-refractivity contribution in [2.45, 2.75) is 13.5 Å². The first kappa shape index (κ1) is 14.7. The number of aromatic nitrogens is 1. The molecular formula is C21H18N2O. The smallest absolute Gasteiger partial charge is 0.0730 e. The number of aliphatic hydroxyl groups is 1. The molecule has 4 aromatic rings. The molecule has 0 fully saturated rings. The first-order chi connectivity index (χ1) is 11.7. The number of hydrogen-bond acceptors (Lipinski definition) is 3. The van der Waals surface area contributed by atoms with Crippen LogP contribution in [0.5, 0.6) is 0 Å². The lowest BCUT2D eigenvalue weighted by Gasteiger charge is -2.14. The summed E-state index contributed by atoms with van der Waals surface area (Å²) in [5.41, 5.74) is 5.97. The number of para-hydroxylation sites is 2. The molecular weight excluding hydrogens is 296 g/mol. The van der Waals surface area contributed by atoms with E-state index in [4.69, 9.17) is 4.98 Å². The van der Waals surface area contributed by atoms with Crippen molar-refractivity contribution in [3.05, 3.63) is 77.9 Å². The monoisotopic (exact) mass is 314 g/mol. The van der Waals surface area contributed by atoms with Crippen molar-refractivity contribution in [2.75, 3.05) is 5.32 Å². The minimum absolute atomic E-state index is 0.0359. The lowest BCUT2D eigenvalue weighted by Crippen LogP contribution is -1.97. The second kappa shape index (κ2) is 5.95. The molecule has 0 atom stereocenters. The molecule has 0 saturated heterocycles. The number of aryl methyl sites for hydroxylation is 1. The van der Waals surface area contributed by atoms with E-state index in [0.717, 1.165) is 44.3 Å². The highest BCUT2D eigenvalue weighted by molar-refractivity contribution is 6.08. The summed E-state index contributed by atoms with van der Waals surface area (Å²) in [6, 6.07) is 22.4. The Morgan fingerprint density at radius 2 is 1.50 bits per heavy atom. The third kappa shape index (κ3) is 2.59. The van der Waals surface area contributed by atoms with Gasteiger partial charge in [-0.15, -0.1) is 0 Å². The molecule has 0 radical (unpaired) electrons.